The van der Waals surface area contributed by atoms with E-state index < -0.39 is 0 Å². The molecular formula is C36H26O. The first-order valence-corrected chi connectivity index (χ1v) is 12.9. The predicted molar refractivity (Wildman–Crippen MR) is 155 cm³/mol. The molecule has 6 aromatic carbocycles. The van der Waals surface area contributed by atoms with Crippen LogP contribution in [0.4, 0.5) is 0 Å². The molecule has 0 saturated heterocycles. The first-order valence-electron chi connectivity index (χ1n) is 12.9. The SMILES string of the molecule is c1ccc(CC(c2ccccc2)c2cccc3oc4cc(-c5ccccc5)c5ccccc5c4c23)cc1. The predicted octanol–water partition coefficient (Wildman–Crippen LogP) is 9.78. The van der Waals surface area contributed by atoms with Gasteiger partial charge in [-0.15, -0.1) is 0 Å². The van der Waals surface area contributed by atoms with Crippen LogP contribution in [0.5, 0.6) is 0 Å². The van der Waals surface area contributed by atoms with E-state index in [2.05, 4.69) is 140 Å². The highest BCUT2D eigenvalue weighted by Gasteiger charge is 2.22. The average molecular weight is 475 g/mol. The molecule has 0 amide bonds. The standard InChI is InChI=1S/C36H26O/c1-4-13-25(14-5-1)23-31(26-15-6-2-7-16-26)30-21-12-22-33-35(30)36-29-20-11-10-19-28(29)32(24-34(36)37-33)27-17-8-3-9-18-27/h1-22,24,31H,23H2. The Hall–Kier alpha value is -4.62. The Morgan fingerprint density at radius 2 is 1.16 bits per heavy atom. The second-order valence-electron chi connectivity index (χ2n) is 9.68. The number of furan rings is 1. The van der Waals surface area contributed by atoms with Gasteiger partial charge in [-0.25, -0.2) is 0 Å². The smallest absolute Gasteiger partial charge is 0.136 e. The molecule has 37 heavy (non-hydrogen) atoms. The van der Waals surface area contributed by atoms with Crippen LogP contribution in [0.15, 0.2) is 144 Å². The van der Waals surface area contributed by atoms with Gasteiger partial charge in [-0.05, 0) is 57.1 Å². The molecule has 0 aliphatic carbocycles. The van der Waals surface area contributed by atoms with Gasteiger partial charge < -0.3 is 4.42 Å². The van der Waals surface area contributed by atoms with Gasteiger partial charge in [0.1, 0.15) is 11.2 Å². The third-order valence-corrected chi connectivity index (χ3v) is 7.48. The summed E-state index contributed by atoms with van der Waals surface area (Å²) in [6, 6.07) is 49.8. The summed E-state index contributed by atoms with van der Waals surface area (Å²) in [6.45, 7) is 0. The summed E-state index contributed by atoms with van der Waals surface area (Å²) in [5.41, 5.74) is 8.24. The summed E-state index contributed by atoms with van der Waals surface area (Å²) in [5.74, 6) is 0.209. The van der Waals surface area contributed by atoms with E-state index in [4.69, 9.17) is 4.42 Å². The third-order valence-electron chi connectivity index (χ3n) is 7.48. The minimum atomic E-state index is 0.209. The largest absolute Gasteiger partial charge is 0.456 e. The Morgan fingerprint density at radius 3 is 1.92 bits per heavy atom. The zero-order valence-electron chi connectivity index (χ0n) is 20.5. The number of benzene rings is 6. The van der Waals surface area contributed by atoms with Crippen LogP contribution in [0.2, 0.25) is 0 Å². The molecule has 7 aromatic rings. The zero-order chi connectivity index (χ0) is 24.6. The van der Waals surface area contributed by atoms with Crippen LogP contribution < -0.4 is 0 Å². The van der Waals surface area contributed by atoms with Gasteiger partial charge >= 0.3 is 0 Å². The highest BCUT2D eigenvalue weighted by molar-refractivity contribution is 6.23. The van der Waals surface area contributed by atoms with E-state index >= 15 is 0 Å². The number of hydrogen-bond acceptors (Lipinski definition) is 1. The molecule has 1 nitrogen and oxygen atoms in total. The second kappa shape index (κ2) is 9.11. The van der Waals surface area contributed by atoms with Crippen LogP contribution in [0, 0.1) is 0 Å². The highest BCUT2D eigenvalue weighted by Crippen LogP contribution is 2.44. The number of fused-ring (bicyclic) bond motifs is 5. The maximum atomic E-state index is 6.60. The van der Waals surface area contributed by atoms with Crippen LogP contribution in [0.3, 0.4) is 0 Å². The van der Waals surface area contributed by atoms with Crippen LogP contribution in [0.25, 0.3) is 43.8 Å². The molecule has 0 N–H and O–H groups in total. The fourth-order valence-electron chi connectivity index (χ4n) is 5.80. The van der Waals surface area contributed by atoms with Crippen molar-refractivity contribution in [1.29, 1.82) is 0 Å². The first kappa shape index (κ1) is 21.6. The molecule has 176 valence electrons. The molecule has 0 spiro atoms. The zero-order valence-corrected chi connectivity index (χ0v) is 20.5. The molecule has 1 heteroatoms. The van der Waals surface area contributed by atoms with E-state index in [0.717, 1.165) is 17.6 Å². The normalized spacial score (nSPS) is 12.3. The van der Waals surface area contributed by atoms with Gasteiger partial charge in [0.05, 0.1) is 0 Å². The van der Waals surface area contributed by atoms with E-state index in [1.807, 2.05) is 0 Å². The minimum absolute atomic E-state index is 0.209. The maximum Gasteiger partial charge on any atom is 0.136 e. The van der Waals surface area contributed by atoms with Gasteiger partial charge in [0, 0.05) is 16.7 Å². The second-order valence-corrected chi connectivity index (χ2v) is 9.68. The lowest BCUT2D eigenvalue weighted by atomic mass is 9.83. The molecule has 0 aliphatic heterocycles. The Morgan fingerprint density at radius 1 is 0.514 bits per heavy atom. The lowest BCUT2D eigenvalue weighted by Crippen LogP contribution is -2.05. The maximum absolute atomic E-state index is 6.60. The van der Waals surface area contributed by atoms with Crippen molar-refractivity contribution in [2.24, 2.45) is 0 Å². The van der Waals surface area contributed by atoms with Crippen molar-refractivity contribution < 1.29 is 4.42 Å². The van der Waals surface area contributed by atoms with E-state index in [9.17, 15) is 0 Å². The summed E-state index contributed by atoms with van der Waals surface area (Å²) in [7, 11) is 0. The topological polar surface area (TPSA) is 13.1 Å². The van der Waals surface area contributed by atoms with Crippen molar-refractivity contribution in [3.8, 4) is 11.1 Å². The van der Waals surface area contributed by atoms with E-state index in [1.54, 1.807) is 0 Å². The van der Waals surface area contributed by atoms with Gasteiger partial charge in [-0.3, -0.25) is 0 Å². The molecule has 0 radical (unpaired) electrons. The van der Waals surface area contributed by atoms with Gasteiger partial charge in [0.2, 0.25) is 0 Å². The Labute approximate surface area is 216 Å². The van der Waals surface area contributed by atoms with Crippen molar-refractivity contribution in [1.82, 2.24) is 0 Å². The summed E-state index contributed by atoms with van der Waals surface area (Å²) >= 11 is 0. The lowest BCUT2D eigenvalue weighted by molar-refractivity contribution is 0.668. The summed E-state index contributed by atoms with van der Waals surface area (Å²) in [5, 5.41) is 4.91. The van der Waals surface area contributed by atoms with E-state index in [1.165, 1.54) is 49.4 Å². The summed E-state index contributed by atoms with van der Waals surface area (Å²) in [6.07, 6.45) is 0.927. The average Bonchev–Trinajstić information content (AvgIpc) is 3.36. The van der Waals surface area contributed by atoms with Crippen molar-refractivity contribution in [3.05, 3.63) is 156 Å². The van der Waals surface area contributed by atoms with Crippen molar-refractivity contribution >= 4 is 32.7 Å². The molecule has 1 heterocycles. The van der Waals surface area contributed by atoms with Gasteiger partial charge in [0.25, 0.3) is 0 Å². The third kappa shape index (κ3) is 3.80. The van der Waals surface area contributed by atoms with Crippen LogP contribution in [-0.4, -0.2) is 0 Å². The molecule has 7 rings (SSSR count). The quantitative estimate of drug-likeness (QED) is 0.242. The number of rotatable bonds is 5. The minimum Gasteiger partial charge on any atom is -0.456 e. The highest BCUT2D eigenvalue weighted by atomic mass is 16.3. The summed E-state index contributed by atoms with van der Waals surface area (Å²) in [4.78, 5) is 0. The Bertz CT molecular complexity index is 1830. The first-order chi connectivity index (χ1) is 18.4. The molecule has 0 aliphatic rings. The monoisotopic (exact) mass is 474 g/mol. The molecule has 1 unspecified atom stereocenters. The van der Waals surface area contributed by atoms with Gasteiger partial charge in [0.15, 0.2) is 0 Å². The Kier molecular flexibility index (Phi) is 5.33. The molecule has 0 bridgehead atoms. The fraction of sp³-hybridized carbons (Fsp3) is 0.0556. The van der Waals surface area contributed by atoms with Gasteiger partial charge in [-0.1, -0.05) is 127 Å². The lowest BCUT2D eigenvalue weighted by Gasteiger charge is -2.20. The molecule has 0 saturated carbocycles. The van der Waals surface area contributed by atoms with Crippen LogP contribution in [-0.2, 0) is 6.42 Å². The van der Waals surface area contributed by atoms with Gasteiger partial charge in [-0.2, -0.15) is 0 Å². The molecule has 1 atom stereocenters. The van der Waals surface area contributed by atoms with Crippen LogP contribution in [0.1, 0.15) is 22.6 Å². The van der Waals surface area contributed by atoms with E-state index in [0.29, 0.717) is 0 Å². The van der Waals surface area contributed by atoms with Crippen molar-refractivity contribution in [3.63, 3.8) is 0 Å². The molecule has 1 aromatic heterocycles. The fourth-order valence-corrected chi connectivity index (χ4v) is 5.80. The number of hydrogen-bond donors (Lipinski definition) is 0. The molecular weight excluding hydrogens is 448 g/mol. The van der Waals surface area contributed by atoms with Crippen molar-refractivity contribution in [2.75, 3.05) is 0 Å². The molecule has 0 fully saturated rings. The summed E-state index contributed by atoms with van der Waals surface area (Å²) < 4.78 is 6.60. The van der Waals surface area contributed by atoms with E-state index in [-0.39, 0.29) is 5.92 Å². The van der Waals surface area contributed by atoms with Crippen LogP contribution >= 0.6 is 0 Å². The Balaban J connectivity index is 1.53. The van der Waals surface area contributed by atoms with Crippen molar-refractivity contribution in [2.45, 2.75) is 12.3 Å².